The Bertz CT molecular complexity index is 289. The van der Waals surface area contributed by atoms with Crippen molar-refractivity contribution in [3.8, 4) is 0 Å². The van der Waals surface area contributed by atoms with Crippen molar-refractivity contribution in [3.63, 3.8) is 0 Å². The third-order valence-corrected chi connectivity index (χ3v) is 2.01. The predicted molar refractivity (Wildman–Crippen MR) is 61.8 cm³/mol. The fourth-order valence-electron chi connectivity index (χ4n) is 1.36. The van der Waals surface area contributed by atoms with Gasteiger partial charge in [0.1, 0.15) is 5.82 Å². The van der Waals surface area contributed by atoms with Crippen molar-refractivity contribution in [2.24, 2.45) is 0 Å². The quantitative estimate of drug-likeness (QED) is 0.720. The molecule has 0 aromatic heterocycles. The van der Waals surface area contributed by atoms with E-state index in [0.717, 1.165) is 0 Å². The van der Waals surface area contributed by atoms with Gasteiger partial charge in [-0.25, -0.2) is 0 Å². The molecule has 2 heteroatoms. The second-order valence-electron chi connectivity index (χ2n) is 3.70. The fourth-order valence-corrected chi connectivity index (χ4v) is 1.36. The van der Waals surface area contributed by atoms with Crippen LogP contribution in [0.25, 0.3) is 6.08 Å². The molecule has 0 saturated carbocycles. The van der Waals surface area contributed by atoms with E-state index in [0.29, 0.717) is 0 Å². The Morgan fingerprint density at radius 2 is 1.43 bits per heavy atom. The zero-order chi connectivity index (χ0) is 10.6. The Hall–Kier alpha value is -1.44. The van der Waals surface area contributed by atoms with Gasteiger partial charge in [-0.05, 0) is 11.6 Å². The summed E-state index contributed by atoms with van der Waals surface area (Å²) in [4.78, 5) is 4.21. The summed E-state index contributed by atoms with van der Waals surface area (Å²) in [6.07, 6.45) is 2.17. The van der Waals surface area contributed by atoms with Crippen LogP contribution < -0.4 is 0 Å². The van der Waals surface area contributed by atoms with E-state index < -0.39 is 0 Å². The second kappa shape index (κ2) is 4.70. The van der Waals surface area contributed by atoms with Gasteiger partial charge in [-0.1, -0.05) is 30.3 Å². The first-order valence-electron chi connectivity index (χ1n) is 4.72. The lowest BCUT2D eigenvalue weighted by Crippen LogP contribution is -2.24. The van der Waals surface area contributed by atoms with Gasteiger partial charge in [0.15, 0.2) is 0 Å². The van der Waals surface area contributed by atoms with Gasteiger partial charge in [-0.15, -0.1) is 0 Å². The zero-order valence-corrected chi connectivity index (χ0v) is 9.36. The average Bonchev–Trinajstić information content (AvgIpc) is 2.15. The lowest BCUT2D eigenvalue weighted by molar-refractivity contribution is 0.348. The van der Waals surface area contributed by atoms with Crippen LogP contribution in [0.3, 0.4) is 0 Å². The Morgan fingerprint density at radius 3 is 1.86 bits per heavy atom. The van der Waals surface area contributed by atoms with Crippen LogP contribution >= 0.6 is 0 Å². The van der Waals surface area contributed by atoms with Crippen LogP contribution in [0.1, 0.15) is 5.56 Å². The first-order valence-corrected chi connectivity index (χ1v) is 4.72. The highest BCUT2D eigenvalue weighted by molar-refractivity contribution is 5.51. The number of hydrogen-bond donors (Lipinski definition) is 0. The van der Waals surface area contributed by atoms with E-state index in [1.807, 2.05) is 6.07 Å². The Balaban J connectivity index is 2.94. The van der Waals surface area contributed by atoms with Crippen molar-refractivity contribution >= 4 is 6.08 Å². The lowest BCUT2D eigenvalue weighted by Gasteiger charge is -2.24. The molecule has 0 N–H and O–H groups in total. The third kappa shape index (κ3) is 2.80. The van der Waals surface area contributed by atoms with Gasteiger partial charge in [0.05, 0.1) is 0 Å². The van der Waals surface area contributed by atoms with Gasteiger partial charge >= 0.3 is 0 Å². The predicted octanol–water partition coefficient (Wildman–Crippen LogP) is 2.11. The molecule has 0 unspecified atom stereocenters. The summed E-state index contributed by atoms with van der Waals surface area (Å²) in [7, 11) is 8.20. The van der Waals surface area contributed by atoms with Crippen LogP contribution in [0.5, 0.6) is 0 Å². The minimum Gasteiger partial charge on any atom is -0.364 e. The third-order valence-electron chi connectivity index (χ3n) is 2.01. The van der Waals surface area contributed by atoms with Crippen molar-refractivity contribution in [3.05, 3.63) is 41.7 Å². The number of nitrogens with zero attached hydrogens (tertiary/aromatic N) is 2. The van der Waals surface area contributed by atoms with Gasteiger partial charge in [-0.3, -0.25) is 0 Å². The Morgan fingerprint density at radius 1 is 0.929 bits per heavy atom. The molecule has 0 fully saturated rings. The standard InChI is InChI=1S/C12H18N2/c1-13(2)12(14(3)4)10-11-8-6-5-7-9-11/h5-10H,1-4H3. The fraction of sp³-hybridized carbons (Fsp3) is 0.333. The molecule has 2 nitrogen and oxygen atoms in total. The second-order valence-corrected chi connectivity index (χ2v) is 3.70. The van der Waals surface area contributed by atoms with Crippen LogP contribution in [-0.4, -0.2) is 38.0 Å². The van der Waals surface area contributed by atoms with E-state index in [1.165, 1.54) is 11.4 Å². The van der Waals surface area contributed by atoms with Crippen molar-refractivity contribution in [1.29, 1.82) is 0 Å². The summed E-state index contributed by atoms with van der Waals surface area (Å²) in [5.41, 5.74) is 1.23. The molecule has 1 aromatic carbocycles. The maximum absolute atomic E-state index is 2.17. The van der Waals surface area contributed by atoms with Gasteiger partial charge in [-0.2, -0.15) is 0 Å². The summed E-state index contributed by atoms with van der Waals surface area (Å²) in [5, 5.41) is 0. The van der Waals surface area contributed by atoms with Crippen molar-refractivity contribution < 1.29 is 0 Å². The molecule has 0 saturated heterocycles. The molecule has 0 aliphatic heterocycles. The molecule has 0 bridgehead atoms. The van der Waals surface area contributed by atoms with Crippen LogP contribution in [0.4, 0.5) is 0 Å². The highest BCUT2D eigenvalue weighted by Gasteiger charge is 2.01. The Kier molecular flexibility index (Phi) is 3.57. The molecule has 0 aliphatic rings. The first-order chi connectivity index (χ1) is 6.61. The van der Waals surface area contributed by atoms with E-state index in [-0.39, 0.29) is 0 Å². The van der Waals surface area contributed by atoms with Gasteiger partial charge < -0.3 is 9.80 Å². The summed E-state index contributed by atoms with van der Waals surface area (Å²) in [6, 6.07) is 10.3. The molecule has 0 amide bonds. The van der Waals surface area contributed by atoms with Crippen molar-refractivity contribution in [2.45, 2.75) is 0 Å². The minimum atomic E-state index is 1.19. The molecule has 14 heavy (non-hydrogen) atoms. The number of hydrogen-bond acceptors (Lipinski definition) is 2. The molecule has 1 rings (SSSR count). The summed E-state index contributed by atoms with van der Waals surface area (Å²) in [6.45, 7) is 0. The molecule has 0 atom stereocenters. The van der Waals surface area contributed by atoms with E-state index in [4.69, 9.17) is 0 Å². The molecule has 0 heterocycles. The molecule has 0 spiro atoms. The maximum Gasteiger partial charge on any atom is 0.103 e. The Labute approximate surface area is 86.5 Å². The summed E-state index contributed by atoms with van der Waals surface area (Å²) < 4.78 is 0. The van der Waals surface area contributed by atoms with E-state index in [1.54, 1.807) is 0 Å². The molecule has 1 aromatic rings. The van der Waals surface area contributed by atoms with Crippen molar-refractivity contribution in [1.82, 2.24) is 9.80 Å². The van der Waals surface area contributed by atoms with Crippen LogP contribution in [0.15, 0.2) is 36.2 Å². The molecular formula is C12H18N2. The van der Waals surface area contributed by atoms with Crippen molar-refractivity contribution in [2.75, 3.05) is 28.2 Å². The number of rotatable bonds is 3. The van der Waals surface area contributed by atoms with Crippen LogP contribution in [-0.2, 0) is 0 Å². The first kappa shape index (κ1) is 10.6. The van der Waals surface area contributed by atoms with Gasteiger partial charge in [0.2, 0.25) is 0 Å². The smallest absolute Gasteiger partial charge is 0.103 e. The van der Waals surface area contributed by atoms with E-state index in [9.17, 15) is 0 Å². The topological polar surface area (TPSA) is 6.48 Å². The maximum atomic E-state index is 2.17. The number of benzene rings is 1. The molecular weight excluding hydrogens is 172 g/mol. The molecule has 76 valence electrons. The summed E-state index contributed by atoms with van der Waals surface area (Å²) >= 11 is 0. The van der Waals surface area contributed by atoms with Gasteiger partial charge in [0, 0.05) is 28.2 Å². The average molecular weight is 190 g/mol. The van der Waals surface area contributed by atoms with E-state index in [2.05, 4.69) is 68.3 Å². The van der Waals surface area contributed by atoms with E-state index >= 15 is 0 Å². The molecule has 0 aliphatic carbocycles. The largest absolute Gasteiger partial charge is 0.364 e. The van der Waals surface area contributed by atoms with Crippen LogP contribution in [0.2, 0.25) is 0 Å². The SMILES string of the molecule is CN(C)C(=Cc1ccccc1)N(C)C. The van der Waals surface area contributed by atoms with Gasteiger partial charge in [0.25, 0.3) is 0 Å². The normalized spacial score (nSPS) is 9.43. The minimum absolute atomic E-state index is 1.19. The highest BCUT2D eigenvalue weighted by atomic mass is 15.3. The zero-order valence-electron chi connectivity index (χ0n) is 9.36. The highest BCUT2D eigenvalue weighted by Crippen LogP contribution is 2.09. The lowest BCUT2D eigenvalue weighted by atomic mass is 10.2. The molecule has 0 radical (unpaired) electrons. The monoisotopic (exact) mass is 190 g/mol. The summed E-state index contributed by atoms with van der Waals surface area (Å²) in [5.74, 6) is 1.19. The van der Waals surface area contributed by atoms with Crippen LogP contribution in [0, 0.1) is 0 Å².